The Morgan fingerprint density at radius 1 is 0.955 bits per heavy atom. The Labute approximate surface area is 127 Å². The second-order valence-corrected chi connectivity index (χ2v) is 4.89. The van der Waals surface area contributed by atoms with Crippen LogP contribution in [0.15, 0.2) is 54.7 Å². The number of nitrogens with one attached hydrogen (secondary N) is 2. The molecule has 0 aromatic heterocycles. The average molecular weight is 294 g/mol. The van der Waals surface area contributed by atoms with E-state index in [2.05, 4.69) is 10.6 Å². The van der Waals surface area contributed by atoms with Gasteiger partial charge < -0.3 is 10.4 Å². The van der Waals surface area contributed by atoms with Crippen molar-refractivity contribution >= 4 is 23.1 Å². The number of rotatable bonds is 3. The summed E-state index contributed by atoms with van der Waals surface area (Å²) < 4.78 is 0. The Balaban J connectivity index is 1.91. The topological polar surface area (TPSA) is 78.4 Å². The van der Waals surface area contributed by atoms with Crippen LogP contribution in [-0.4, -0.2) is 16.9 Å². The summed E-state index contributed by atoms with van der Waals surface area (Å²) in [6.07, 6.45) is 1.58. The van der Waals surface area contributed by atoms with E-state index in [1.54, 1.807) is 54.7 Å². The molecule has 2 aromatic carbocycles. The lowest BCUT2D eigenvalue weighted by molar-refractivity contribution is -0.114. The van der Waals surface area contributed by atoms with Crippen LogP contribution in [0.2, 0.25) is 0 Å². The molecule has 22 heavy (non-hydrogen) atoms. The van der Waals surface area contributed by atoms with E-state index in [4.69, 9.17) is 5.11 Å². The number of benzene rings is 2. The number of anilines is 1. The number of carbonyl (C=O) groups is 2. The second kappa shape index (κ2) is 5.83. The molecule has 0 saturated heterocycles. The van der Waals surface area contributed by atoms with E-state index in [0.29, 0.717) is 16.7 Å². The van der Waals surface area contributed by atoms with Crippen LogP contribution < -0.4 is 10.6 Å². The van der Waals surface area contributed by atoms with Crippen molar-refractivity contribution in [2.24, 2.45) is 0 Å². The first-order chi connectivity index (χ1) is 10.7. The molecule has 3 N–H and O–H groups in total. The molecule has 2 amide bonds. The van der Waals surface area contributed by atoms with Gasteiger partial charge in [-0.2, -0.15) is 0 Å². The van der Waals surface area contributed by atoms with E-state index in [-0.39, 0.29) is 12.5 Å². The molecule has 0 spiro atoms. The highest BCUT2D eigenvalue weighted by molar-refractivity contribution is 6.31. The molecule has 3 rings (SSSR count). The summed E-state index contributed by atoms with van der Waals surface area (Å²) in [4.78, 5) is 23.8. The Morgan fingerprint density at radius 3 is 2.32 bits per heavy atom. The van der Waals surface area contributed by atoms with Gasteiger partial charge in [0.05, 0.1) is 12.2 Å². The van der Waals surface area contributed by atoms with Crippen molar-refractivity contribution in [2.75, 3.05) is 5.32 Å². The standard InChI is InChI=1S/C17H14N2O3/c20-10-11-5-7-12(8-6-11)18-9-15-13-3-1-2-4-14(13)16(21)19-17(15)22/h1-9,18,20H,10H2,(H,19,21,22)/b15-9-. The van der Waals surface area contributed by atoms with Crippen molar-refractivity contribution in [3.63, 3.8) is 0 Å². The first-order valence-electron chi connectivity index (χ1n) is 6.80. The third kappa shape index (κ3) is 2.62. The van der Waals surface area contributed by atoms with Crippen molar-refractivity contribution in [3.8, 4) is 0 Å². The summed E-state index contributed by atoms with van der Waals surface area (Å²) >= 11 is 0. The van der Waals surface area contributed by atoms with Crippen molar-refractivity contribution < 1.29 is 14.7 Å². The van der Waals surface area contributed by atoms with E-state index < -0.39 is 5.91 Å². The Morgan fingerprint density at radius 2 is 1.64 bits per heavy atom. The zero-order valence-electron chi connectivity index (χ0n) is 11.7. The van der Waals surface area contributed by atoms with Gasteiger partial charge in [0, 0.05) is 23.0 Å². The summed E-state index contributed by atoms with van der Waals surface area (Å²) in [6.45, 7) is -0.0146. The number of hydrogen-bond acceptors (Lipinski definition) is 4. The fourth-order valence-electron chi connectivity index (χ4n) is 2.28. The number of imide groups is 1. The predicted molar refractivity (Wildman–Crippen MR) is 82.9 cm³/mol. The van der Waals surface area contributed by atoms with Crippen molar-refractivity contribution in [3.05, 3.63) is 71.4 Å². The minimum absolute atomic E-state index is 0.0146. The maximum Gasteiger partial charge on any atom is 0.260 e. The molecular weight excluding hydrogens is 280 g/mol. The third-order valence-electron chi connectivity index (χ3n) is 3.45. The van der Waals surface area contributed by atoms with Gasteiger partial charge in [0.15, 0.2) is 0 Å². The number of amides is 2. The van der Waals surface area contributed by atoms with Crippen LogP contribution in [0.1, 0.15) is 21.5 Å². The Kier molecular flexibility index (Phi) is 3.72. The first-order valence-corrected chi connectivity index (χ1v) is 6.80. The molecule has 1 heterocycles. The zero-order valence-corrected chi connectivity index (χ0v) is 11.7. The normalized spacial score (nSPS) is 15.4. The quantitative estimate of drug-likeness (QED) is 0.597. The van der Waals surface area contributed by atoms with Gasteiger partial charge in [0.2, 0.25) is 0 Å². The summed E-state index contributed by atoms with van der Waals surface area (Å²) in [6, 6.07) is 14.2. The van der Waals surface area contributed by atoms with Gasteiger partial charge in [-0.15, -0.1) is 0 Å². The fourth-order valence-corrected chi connectivity index (χ4v) is 2.28. The Hall–Kier alpha value is -2.92. The second-order valence-electron chi connectivity index (χ2n) is 4.89. The molecule has 0 unspecified atom stereocenters. The maximum atomic E-state index is 12.0. The molecule has 5 heteroatoms. The number of fused-ring (bicyclic) bond motifs is 1. The molecule has 0 fully saturated rings. The van der Waals surface area contributed by atoms with Crippen molar-refractivity contribution in [1.29, 1.82) is 0 Å². The van der Waals surface area contributed by atoms with Crippen LogP contribution in [0.5, 0.6) is 0 Å². The lowest BCUT2D eigenvalue weighted by Crippen LogP contribution is -2.36. The molecule has 1 aliphatic rings. The highest BCUT2D eigenvalue weighted by atomic mass is 16.3. The molecule has 0 atom stereocenters. The molecule has 110 valence electrons. The van der Waals surface area contributed by atoms with Gasteiger partial charge in [0.1, 0.15) is 0 Å². The highest BCUT2D eigenvalue weighted by Gasteiger charge is 2.26. The van der Waals surface area contributed by atoms with Crippen molar-refractivity contribution in [1.82, 2.24) is 5.32 Å². The highest BCUT2D eigenvalue weighted by Crippen LogP contribution is 2.24. The molecule has 1 aliphatic heterocycles. The van der Waals surface area contributed by atoms with Gasteiger partial charge in [-0.25, -0.2) is 0 Å². The number of aliphatic hydroxyl groups is 1. The van der Waals surface area contributed by atoms with E-state index in [1.807, 2.05) is 0 Å². The van der Waals surface area contributed by atoms with Crippen LogP contribution in [0.3, 0.4) is 0 Å². The van der Waals surface area contributed by atoms with Crippen LogP contribution in [-0.2, 0) is 11.4 Å². The molecule has 2 aromatic rings. The first kappa shape index (κ1) is 14.0. The molecule has 5 nitrogen and oxygen atoms in total. The van der Waals surface area contributed by atoms with E-state index in [9.17, 15) is 9.59 Å². The summed E-state index contributed by atoms with van der Waals surface area (Å²) in [7, 11) is 0. The van der Waals surface area contributed by atoms with E-state index in [0.717, 1.165) is 11.3 Å². The van der Waals surface area contributed by atoms with Gasteiger partial charge >= 0.3 is 0 Å². The average Bonchev–Trinajstić information content (AvgIpc) is 2.55. The summed E-state index contributed by atoms with van der Waals surface area (Å²) in [5.41, 5.74) is 3.08. The van der Waals surface area contributed by atoms with Gasteiger partial charge in [-0.05, 0) is 23.8 Å². The molecular formula is C17H14N2O3. The van der Waals surface area contributed by atoms with Crippen LogP contribution in [0.25, 0.3) is 5.57 Å². The smallest absolute Gasteiger partial charge is 0.260 e. The monoisotopic (exact) mass is 294 g/mol. The lowest BCUT2D eigenvalue weighted by atomic mass is 9.96. The zero-order chi connectivity index (χ0) is 15.5. The SMILES string of the molecule is O=C1NC(=O)c2ccccc2/C1=C/Nc1ccc(CO)cc1. The largest absolute Gasteiger partial charge is 0.392 e. The third-order valence-corrected chi connectivity index (χ3v) is 3.45. The minimum atomic E-state index is -0.428. The van der Waals surface area contributed by atoms with Crippen molar-refractivity contribution in [2.45, 2.75) is 6.61 Å². The minimum Gasteiger partial charge on any atom is -0.392 e. The summed E-state index contributed by atoms with van der Waals surface area (Å²) in [5, 5.41) is 14.4. The van der Waals surface area contributed by atoms with E-state index >= 15 is 0 Å². The predicted octanol–water partition coefficient (Wildman–Crippen LogP) is 1.90. The molecule has 0 radical (unpaired) electrons. The van der Waals surface area contributed by atoms with Crippen LogP contribution >= 0.6 is 0 Å². The molecule has 0 aliphatic carbocycles. The number of carbonyl (C=O) groups excluding carboxylic acids is 2. The van der Waals surface area contributed by atoms with Gasteiger partial charge in [-0.3, -0.25) is 14.9 Å². The fraction of sp³-hybridized carbons (Fsp3) is 0.0588. The van der Waals surface area contributed by atoms with Crippen LogP contribution in [0, 0.1) is 0 Å². The van der Waals surface area contributed by atoms with E-state index in [1.165, 1.54) is 0 Å². The Bertz CT molecular complexity index is 764. The van der Waals surface area contributed by atoms with Crippen LogP contribution in [0.4, 0.5) is 5.69 Å². The molecule has 0 saturated carbocycles. The number of hydrogen-bond donors (Lipinski definition) is 3. The van der Waals surface area contributed by atoms with Gasteiger partial charge in [-0.1, -0.05) is 30.3 Å². The maximum absolute atomic E-state index is 12.0. The number of aliphatic hydroxyl groups excluding tert-OH is 1. The molecule has 0 bridgehead atoms. The van der Waals surface area contributed by atoms with Gasteiger partial charge in [0.25, 0.3) is 11.8 Å². The summed E-state index contributed by atoms with van der Waals surface area (Å²) in [5.74, 6) is -0.812. The lowest BCUT2D eigenvalue weighted by Gasteiger charge is -2.18.